The monoisotopic (exact) mass is 466 g/mol. The zero-order chi connectivity index (χ0) is 24.2. The van der Waals surface area contributed by atoms with Crippen molar-refractivity contribution in [1.82, 2.24) is 10.2 Å². The fraction of sp³-hybridized carbons (Fsp3) is 0.423. The highest BCUT2D eigenvalue weighted by atomic mass is 16.5. The summed E-state index contributed by atoms with van der Waals surface area (Å²) in [5.74, 6) is -1.46. The predicted octanol–water partition coefficient (Wildman–Crippen LogP) is 2.99. The first kappa shape index (κ1) is 23.8. The normalized spacial score (nSPS) is 19.9. The van der Waals surface area contributed by atoms with E-state index >= 15 is 0 Å². The molecule has 1 aliphatic heterocycles. The van der Waals surface area contributed by atoms with Gasteiger partial charge in [-0.3, -0.25) is 4.79 Å². The van der Waals surface area contributed by atoms with Gasteiger partial charge in [-0.15, -0.1) is 0 Å². The minimum absolute atomic E-state index is 0.00677. The molecule has 2 amide bonds. The largest absolute Gasteiger partial charge is 0.480 e. The Kier molecular flexibility index (Phi) is 7.17. The first-order chi connectivity index (χ1) is 16.3. The smallest absolute Gasteiger partial charge is 0.407 e. The van der Waals surface area contributed by atoms with Crippen LogP contribution in [0.25, 0.3) is 11.1 Å². The topological polar surface area (TPSA) is 116 Å². The van der Waals surface area contributed by atoms with Gasteiger partial charge in [-0.1, -0.05) is 55.5 Å². The number of carboxylic acid groups (broad SMARTS) is 1. The lowest BCUT2D eigenvalue weighted by Crippen LogP contribution is -2.41. The second kappa shape index (κ2) is 10.3. The van der Waals surface area contributed by atoms with Crippen LogP contribution >= 0.6 is 0 Å². The minimum Gasteiger partial charge on any atom is -0.480 e. The van der Waals surface area contributed by atoms with Gasteiger partial charge in [0.15, 0.2) is 0 Å². The summed E-state index contributed by atoms with van der Waals surface area (Å²) in [5, 5.41) is 21.7. The van der Waals surface area contributed by atoms with Crippen LogP contribution in [0.15, 0.2) is 48.5 Å². The van der Waals surface area contributed by atoms with Gasteiger partial charge in [-0.05, 0) is 34.6 Å². The van der Waals surface area contributed by atoms with E-state index < -0.39 is 24.2 Å². The molecule has 3 N–H and O–H groups in total. The Labute approximate surface area is 198 Å². The quantitative estimate of drug-likeness (QED) is 0.551. The molecule has 180 valence electrons. The van der Waals surface area contributed by atoms with Gasteiger partial charge in [-0.25, -0.2) is 9.59 Å². The van der Waals surface area contributed by atoms with Crippen molar-refractivity contribution in [2.75, 3.05) is 19.7 Å². The standard InChI is InChI=1S/C26H30N2O6/c1-16(12-24(30)28-14-17(29)13-23(28)25(31)32)10-11-27-26(33)34-15-22-20-8-4-2-6-18(20)19-7-3-5-9-21(19)22/h2-9,16-17,22-23,29H,10-15H2,1H3,(H,27,33)(H,31,32)/t16?,17-,23-/m1/s1. The maximum atomic E-state index is 12.5. The van der Waals surface area contributed by atoms with Gasteiger partial charge in [0, 0.05) is 31.8 Å². The van der Waals surface area contributed by atoms with Crippen LogP contribution in [0, 0.1) is 5.92 Å². The molecule has 3 atom stereocenters. The molecule has 1 fully saturated rings. The molecule has 8 heteroatoms. The summed E-state index contributed by atoms with van der Waals surface area (Å²) in [6.07, 6.45) is -0.560. The highest BCUT2D eigenvalue weighted by Gasteiger charge is 2.39. The van der Waals surface area contributed by atoms with E-state index in [1.165, 1.54) is 16.0 Å². The Balaban J connectivity index is 1.22. The number of alkyl carbamates (subject to hydrolysis) is 1. The fourth-order valence-corrected chi connectivity index (χ4v) is 4.91. The lowest BCUT2D eigenvalue weighted by atomic mass is 9.98. The van der Waals surface area contributed by atoms with Crippen LogP contribution in [0.4, 0.5) is 4.79 Å². The third-order valence-corrected chi connectivity index (χ3v) is 6.66. The van der Waals surface area contributed by atoms with E-state index in [0.717, 1.165) is 11.1 Å². The molecular formula is C26H30N2O6. The van der Waals surface area contributed by atoms with Crippen LogP contribution in [0.5, 0.6) is 0 Å². The van der Waals surface area contributed by atoms with Crippen LogP contribution < -0.4 is 5.32 Å². The van der Waals surface area contributed by atoms with Gasteiger partial charge in [0.2, 0.25) is 5.91 Å². The molecule has 0 radical (unpaired) electrons. The third-order valence-electron chi connectivity index (χ3n) is 6.66. The first-order valence-corrected chi connectivity index (χ1v) is 11.6. The number of β-amino-alcohol motifs (C(OH)–C–C–N with tert-alkyl or cyclic N) is 1. The third kappa shape index (κ3) is 5.07. The van der Waals surface area contributed by atoms with Crippen molar-refractivity contribution in [2.24, 2.45) is 5.92 Å². The van der Waals surface area contributed by atoms with E-state index in [1.807, 2.05) is 31.2 Å². The summed E-state index contributed by atoms with van der Waals surface area (Å²) in [4.78, 5) is 37.4. The van der Waals surface area contributed by atoms with E-state index in [0.29, 0.717) is 13.0 Å². The molecule has 0 bridgehead atoms. The van der Waals surface area contributed by atoms with Crippen molar-refractivity contribution in [1.29, 1.82) is 0 Å². The number of rotatable bonds is 8. The summed E-state index contributed by atoms with van der Waals surface area (Å²) in [7, 11) is 0. The fourth-order valence-electron chi connectivity index (χ4n) is 4.91. The molecule has 0 saturated carbocycles. The molecule has 0 aromatic heterocycles. The lowest BCUT2D eigenvalue weighted by molar-refractivity contribution is -0.148. The number of likely N-dealkylation sites (tertiary alicyclic amines) is 1. The Morgan fingerprint density at radius 1 is 1.09 bits per heavy atom. The van der Waals surface area contributed by atoms with Gasteiger partial charge in [0.1, 0.15) is 12.6 Å². The van der Waals surface area contributed by atoms with Gasteiger partial charge in [0.05, 0.1) is 6.10 Å². The molecule has 1 heterocycles. The number of carbonyl (C=O) groups excluding carboxylic acids is 2. The predicted molar refractivity (Wildman–Crippen MR) is 125 cm³/mol. The molecule has 1 unspecified atom stereocenters. The van der Waals surface area contributed by atoms with Gasteiger partial charge < -0.3 is 25.2 Å². The van der Waals surface area contributed by atoms with Crippen molar-refractivity contribution < 1.29 is 29.3 Å². The summed E-state index contributed by atoms with van der Waals surface area (Å²) in [5.41, 5.74) is 4.63. The second-order valence-corrected chi connectivity index (χ2v) is 9.14. The number of carboxylic acids is 1. The molecule has 0 spiro atoms. The number of hydrogen-bond donors (Lipinski definition) is 3. The van der Waals surface area contributed by atoms with Gasteiger partial charge >= 0.3 is 12.1 Å². The van der Waals surface area contributed by atoms with Crippen molar-refractivity contribution >= 4 is 18.0 Å². The molecule has 1 saturated heterocycles. The number of aliphatic hydroxyl groups excluding tert-OH is 1. The number of benzene rings is 2. The molecule has 8 nitrogen and oxygen atoms in total. The number of nitrogens with one attached hydrogen (secondary N) is 1. The molecule has 34 heavy (non-hydrogen) atoms. The van der Waals surface area contributed by atoms with E-state index in [1.54, 1.807) is 0 Å². The number of nitrogens with zero attached hydrogens (tertiary/aromatic N) is 1. The number of fused-ring (bicyclic) bond motifs is 3. The van der Waals surface area contributed by atoms with Crippen molar-refractivity contribution in [2.45, 2.75) is 44.2 Å². The van der Waals surface area contributed by atoms with Crippen LogP contribution in [0.1, 0.15) is 43.2 Å². The Morgan fingerprint density at radius 2 is 1.71 bits per heavy atom. The summed E-state index contributed by atoms with van der Waals surface area (Å²) < 4.78 is 5.52. The van der Waals surface area contributed by atoms with Crippen molar-refractivity contribution in [3.05, 3.63) is 59.7 Å². The molecule has 2 aliphatic rings. The first-order valence-electron chi connectivity index (χ1n) is 11.6. The van der Waals surface area contributed by atoms with E-state index in [2.05, 4.69) is 29.6 Å². The number of aliphatic carboxylic acids is 1. The zero-order valence-corrected chi connectivity index (χ0v) is 19.1. The molecule has 2 aromatic rings. The maximum absolute atomic E-state index is 12.5. The van der Waals surface area contributed by atoms with E-state index in [9.17, 15) is 24.6 Å². The zero-order valence-electron chi connectivity index (χ0n) is 19.1. The summed E-state index contributed by atoms with van der Waals surface area (Å²) >= 11 is 0. The van der Waals surface area contributed by atoms with Crippen molar-refractivity contribution in [3.63, 3.8) is 0 Å². The Morgan fingerprint density at radius 3 is 2.32 bits per heavy atom. The summed E-state index contributed by atoms with van der Waals surface area (Å²) in [6, 6.07) is 15.3. The number of aliphatic hydroxyl groups is 1. The molecule has 1 aliphatic carbocycles. The SMILES string of the molecule is CC(CCNC(=O)OCC1c2ccccc2-c2ccccc21)CC(=O)N1C[C@H](O)C[C@@H]1C(=O)O. The van der Waals surface area contributed by atoms with Crippen LogP contribution in [-0.4, -0.2) is 64.9 Å². The van der Waals surface area contributed by atoms with Gasteiger partial charge in [0.25, 0.3) is 0 Å². The average Bonchev–Trinajstić information content (AvgIpc) is 3.36. The number of carbonyl (C=O) groups is 3. The van der Waals surface area contributed by atoms with Gasteiger partial charge in [-0.2, -0.15) is 0 Å². The van der Waals surface area contributed by atoms with Crippen LogP contribution in [0.3, 0.4) is 0 Å². The van der Waals surface area contributed by atoms with Crippen LogP contribution in [0.2, 0.25) is 0 Å². The van der Waals surface area contributed by atoms with E-state index in [-0.39, 0.29) is 43.7 Å². The highest BCUT2D eigenvalue weighted by Crippen LogP contribution is 2.44. The van der Waals surface area contributed by atoms with Crippen molar-refractivity contribution in [3.8, 4) is 11.1 Å². The Bertz CT molecular complexity index is 1030. The maximum Gasteiger partial charge on any atom is 0.407 e. The summed E-state index contributed by atoms with van der Waals surface area (Å²) in [6.45, 7) is 2.50. The van der Waals surface area contributed by atoms with E-state index in [4.69, 9.17) is 4.74 Å². The Hall–Kier alpha value is -3.39. The average molecular weight is 467 g/mol. The minimum atomic E-state index is -1.10. The number of ether oxygens (including phenoxy) is 1. The van der Waals surface area contributed by atoms with Crippen LogP contribution in [-0.2, 0) is 14.3 Å². The highest BCUT2D eigenvalue weighted by molar-refractivity contribution is 5.84. The number of hydrogen-bond acceptors (Lipinski definition) is 5. The lowest BCUT2D eigenvalue weighted by Gasteiger charge is -2.23. The molecule has 2 aromatic carbocycles. The molecular weight excluding hydrogens is 436 g/mol. The molecule has 4 rings (SSSR count). The second-order valence-electron chi connectivity index (χ2n) is 9.14. The number of amides is 2.